The summed E-state index contributed by atoms with van der Waals surface area (Å²) in [6.07, 6.45) is 1.67. The molecule has 0 bridgehead atoms. The van der Waals surface area contributed by atoms with Crippen molar-refractivity contribution in [3.05, 3.63) is 42.0 Å². The van der Waals surface area contributed by atoms with Crippen molar-refractivity contribution < 1.29 is 17.2 Å². The van der Waals surface area contributed by atoms with Gasteiger partial charge in [-0.2, -0.15) is 8.42 Å². The molecule has 76 valence electrons. The predicted molar refractivity (Wildman–Crippen MR) is 52.9 cm³/mol. The zero-order valence-electron chi connectivity index (χ0n) is 7.38. The number of rotatable bonds is 4. The molecule has 0 atom stereocenters. The maximum Gasteiger partial charge on any atom is 0.397 e. The lowest BCUT2D eigenvalue weighted by Gasteiger charge is -2.00. The van der Waals surface area contributed by atoms with Crippen molar-refractivity contribution >= 4 is 16.5 Å². The molecule has 0 saturated carbocycles. The Morgan fingerprint density at radius 2 is 1.93 bits per heavy atom. The summed E-state index contributed by atoms with van der Waals surface area (Å²) >= 11 is 0. The Balaban J connectivity index is 2.65. The van der Waals surface area contributed by atoms with Crippen molar-refractivity contribution in [2.24, 2.45) is 0 Å². The van der Waals surface area contributed by atoms with E-state index in [0.29, 0.717) is 5.56 Å². The largest absolute Gasteiger partial charge is 0.397 e. The van der Waals surface area contributed by atoms with Gasteiger partial charge >= 0.3 is 10.4 Å². The van der Waals surface area contributed by atoms with E-state index in [9.17, 15) is 8.42 Å². The summed E-state index contributed by atoms with van der Waals surface area (Å²) in [6.45, 7) is 3.41. The Morgan fingerprint density at radius 3 is 2.36 bits per heavy atom. The molecule has 1 aromatic carbocycles. The second kappa shape index (κ2) is 4.36. The van der Waals surface area contributed by atoms with Gasteiger partial charge in [0.1, 0.15) is 0 Å². The molecule has 0 saturated heterocycles. The summed E-state index contributed by atoms with van der Waals surface area (Å²) in [6, 6.07) is 6.94. The molecule has 0 heterocycles. The molecular formula is C9H10O4S. The zero-order chi connectivity index (χ0) is 10.6. The van der Waals surface area contributed by atoms with Crippen LogP contribution in [0.1, 0.15) is 11.1 Å². The minimum atomic E-state index is -4.36. The molecule has 1 rings (SSSR count). The van der Waals surface area contributed by atoms with Crippen LogP contribution in [0.2, 0.25) is 0 Å². The van der Waals surface area contributed by atoms with Crippen molar-refractivity contribution in [1.29, 1.82) is 0 Å². The average Bonchev–Trinajstić information content (AvgIpc) is 2.14. The van der Waals surface area contributed by atoms with E-state index in [1.54, 1.807) is 30.3 Å². The summed E-state index contributed by atoms with van der Waals surface area (Å²) in [5, 5.41) is 0. The molecule has 4 nitrogen and oxygen atoms in total. The normalized spacial score (nSPS) is 11.2. The second-order valence-electron chi connectivity index (χ2n) is 2.64. The Kier molecular flexibility index (Phi) is 3.40. The first-order chi connectivity index (χ1) is 6.51. The van der Waals surface area contributed by atoms with E-state index in [4.69, 9.17) is 4.55 Å². The van der Waals surface area contributed by atoms with Gasteiger partial charge in [0, 0.05) is 0 Å². The first-order valence-electron chi connectivity index (χ1n) is 3.84. The van der Waals surface area contributed by atoms with Crippen LogP contribution in [0.5, 0.6) is 0 Å². The fraction of sp³-hybridized carbons (Fsp3) is 0.111. The summed E-state index contributed by atoms with van der Waals surface area (Å²) in [7, 11) is -4.36. The fourth-order valence-corrected chi connectivity index (χ4v) is 1.18. The molecular weight excluding hydrogens is 204 g/mol. The first-order valence-corrected chi connectivity index (χ1v) is 5.21. The van der Waals surface area contributed by atoms with E-state index < -0.39 is 10.4 Å². The van der Waals surface area contributed by atoms with Crippen LogP contribution in [0.15, 0.2) is 30.8 Å². The second-order valence-corrected chi connectivity index (χ2v) is 3.73. The highest BCUT2D eigenvalue weighted by atomic mass is 32.3. The van der Waals surface area contributed by atoms with Gasteiger partial charge in [-0.1, -0.05) is 36.9 Å². The van der Waals surface area contributed by atoms with Crippen molar-refractivity contribution in [2.75, 3.05) is 0 Å². The Labute approximate surface area is 82.8 Å². The van der Waals surface area contributed by atoms with Gasteiger partial charge < -0.3 is 0 Å². The third kappa shape index (κ3) is 3.69. The summed E-state index contributed by atoms with van der Waals surface area (Å²) < 4.78 is 33.0. The molecule has 0 spiro atoms. The lowest BCUT2D eigenvalue weighted by Crippen LogP contribution is -2.03. The minimum absolute atomic E-state index is 0.170. The van der Waals surface area contributed by atoms with Crippen LogP contribution in [0, 0.1) is 0 Å². The molecule has 0 fully saturated rings. The molecule has 0 amide bonds. The van der Waals surface area contributed by atoms with Crippen LogP contribution in [-0.4, -0.2) is 13.0 Å². The van der Waals surface area contributed by atoms with E-state index in [2.05, 4.69) is 10.8 Å². The van der Waals surface area contributed by atoms with Gasteiger partial charge in [0.2, 0.25) is 0 Å². The van der Waals surface area contributed by atoms with Gasteiger partial charge in [-0.05, 0) is 11.1 Å². The van der Waals surface area contributed by atoms with Crippen molar-refractivity contribution in [2.45, 2.75) is 6.61 Å². The van der Waals surface area contributed by atoms with E-state index in [-0.39, 0.29) is 6.61 Å². The first kappa shape index (κ1) is 10.9. The molecule has 0 aromatic heterocycles. The molecule has 14 heavy (non-hydrogen) atoms. The van der Waals surface area contributed by atoms with Crippen molar-refractivity contribution in [1.82, 2.24) is 0 Å². The van der Waals surface area contributed by atoms with Crippen LogP contribution in [-0.2, 0) is 21.2 Å². The predicted octanol–water partition coefficient (Wildman–Crippen LogP) is 1.65. The molecule has 1 aromatic rings. The van der Waals surface area contributed by atoms with Gasteiger partial charge in [-0.25, -0.2) is 4.18 Å². The van der Waals surface area contributed by atoms with E-state index in [1.807, 2.05) is 0 Å². The van der Waals surface area contributed by atoms with E-state index in [0.717, 1.165) is 5.56 Å². The lowest BCUT2D eigenvalue weighted by molar-refractivity contribution is 0.259. The molecule has 0 unspecified atom stereocenters. The third-order valence-electron chi connectivity index (χ3n) is 1.59. The molecule has 0 aliphatic carbocycles. The monoisotopic (exact) mass is 214 g/mol. The fourth-order valence-electron chi connectivity index (χ4n) is 0.892. The summed E-state index contributed by atoms with van der Waals surface area (Å²) in [5.74, 6) is 0. The van der Waals surface area contributed by atoms with Crippen molar-refractivity contribution in [3.63, 3.8) is 0 Å². The third-order valence-corrected chi connectivity index (χ3v) is 2.01. The SMILES string of the molecule is C=Cc1ccc(COS(=O)(=O)O)cc1. The van der Waals surface area contributed by atoms with E-state index in [1.165, 1.54) is 0 Å². The highest BCUT2D eigenvalue weighted by Crippen LogP contribution is 2.07. The standard InChI is InChI=1S/C9H10O4S/c1-2-8-3-5-9(6-4-8)7-13-14(10,11)12/h2-6H,1,7H2,(H,10,11,12). The minimum Gasteiger partial charge on any atom is -0.264 e. The lowest BCUT2D eigenvalue weighted by atomic mass is 10.1. The molecule has 0 aliphatic rings. The molecule has 1 N–H and O–H groups in total. The number of hydrogen-bond donors (Lipinski definition) is 1. The number of hydrogen-bond acceptors (Lipinski definition) is 3. The van der Waals surface area contributed by atoms with Crippen LogP contribution in [0.4, 0.5) is 0 Å². The number of benzene rings is 1. The zero-order valence-corrected chi connectivity index (χ0v) is 8.20. The molecule has 5 heteroatoms. The van der Waals surface area contributed by atoms with Crippen LogP contribution in [0.25, 0.3) is 6.08 Å². The van der Waals surface area contributed by atoms with Crippen LogP contribution in [0.3, 0.4) is 0 Å². The Morgan fingerprint density at radius 1 is 1.36 bits per heavy atom. The summed E-state index contributed by atoms with van der Waals surface area (Å²) in [4.78, 5) is 0. The van der Waals surface area contributed by atoms with E-state index >= 15 is 0 Å². The van der Waals surface area contributed by atoms with Gasteiger partial charge in [-0.15, -0.1) is 0 Å². The maximum absolute atomic E-state index is 10.2. The maximum atomic E-state index is 10.2. The van der Waals surface area contributed by atoms with Gasteiger partial charge in [-0.3, -0.25) is 4.55 Å². The topological polar surface area (TPSA) is 63.6 Å². The van der Waals surface area contributed by atoms with Crippen LogP contribution >= 0.6 is 0 Å². The highest BCUT2D eigenvalue weighted by molar-refractivity contribution is 7.80. The highest BCUT2D eigenvalue weighted by Gasteiger charge is 2.04. The smallest absolute Gasteiger partial charge is 0.264 e. The van der Waals surface area contributed by atoms with Gasteiger partial charge in [0.15, 0.2) is 0 Å². The Bertz CT molecular complexity index is 405. The molecule has 0 aliphatic heterocycles. The molecule has 0 radical (unpaired) electrons. The Hall–Kier alpha value is -1.17. The van der Waals surface area contributed by atoms with Gasteiger partial charge in [0.05, 0.1) is 6.61 Å². The average molecular weight is 214 g/mol. The summed E-state index contributed by atoms with van der Waals surface area (Å²) in [5.41, 5.74) is 1.59. The van der Waals surface area contributed by atoms with Crippen LogP contribution < -0.4 is 0 Å². The quantitative estimate of drug-likeness (QED) is 0.774. The van der Waals surface area contributed by atoms with Crippen molar-refractivity contribution in [3.8, 4) is 0 Å². The van der Waals surface area contributed by atoms with Gasteiger partial charge in [0.25, 0.3) is 0 Å².